The average Bonchev–Trinajstić information content (AvgIpc) is 2.19. The van der Waals surface area contributed by atoms with Gasteiger partial charge in [-0.3, -0.25) is 4.79 Å². The number of hydrogen-bond donors (Lipinski definition) is 2. The van der Waals surface area contributed by atoms with Gasteiger partial charge in [-0.05, 0) is 70.5 Å². The largest absolute Gasteiger partial charge is 0.481 e. The molecule has 16 heavy (non-hydrogen) atoms. The Bertz CT molecular complexity index is 397. The molecule has 1 aromatic heterocycles. The van der Waals surface area contributed by atoms with Gasteiger partial charge >= 0.3 is 5.97 Å². The van der Waals surface area contributed by atoms with Crippen LogP contribution >= 0.6 is 45.2 Å². The van der Waals surface area contributed by atoms with Crippen molar-refractivity contribution in [3.05, 3.63) is 18.9 Å². The van der Waals surface area contributed by atoms with E-state index in [9.17, 15) is 4.79 Å². The number of halogens is 2. The number of carbonyl (C=O) groups is 1. The highest BCUT2D eigenvalue weighted by Crippen LogP contribution is 2.20. The molecule has 0 radical (unpaired) electrons. The lowest BCUT2D eigenvalue weighted by atomic mass is 10.1. The van der Waals surface area contributed by atoms with Gasteiger partial charge in [0, 0.05) is 9.99 Å². The van der Waals surface area contributed by atoms with E-state index in [0.717, 1.165) is 25.7 Å². The van der Waals surface area contributed by atoms with Gasteiger partial charge < -0.3 is 10.8 Å². The zero-order valence-electron chi connectivity index (χ0n) is 8.54. The van der Waals surface area contributed by atoms with Gasteiger partial charge in [0.05, 0.1) is 9.26 Å². The Morgan fingerprint density at radius 2 is 2.06 bits per heavy atom. The Kier molecular flexibility index (Phi) is 5.73. The van der Waals surface area contributed by atoms with Crippen LogP contribution in [0.4, 0.5) is 5.82 Å². The average molecular weight is 446 g/mol. The molecule has 0 aliphatic heterocycles. The third-order valence-electron chi connectivity index (χ3n) is 2.08. The first kappa shape index (κ1) is 13.9. The topological polar surface area (TPSA) is 76.2 Å². The molecule has 0 aliphatic rings. The molecule has 0 aliphatic carbocycles. The molecule has 0 unspecified atom stereocenters. The molecule has 1 aromatic rings. The van der Waals surface area contributed by atoms with Gasteiger partial charge in [-0.15, -0.1) is 0 Å². The lowest BCUT2D eigenvalue weighted by molar-refractivity contribution is -0.137. The summed E-state index contributed by atoms with van der Waals surface area (Å²) in [4.78, 5) is 14.6. The number of aromatic nitrogens is 1. The van der Waals surface area contributed by atoms with E-state index in [1.807, 2.05) is 6.07 Å². The Hall–Kier alpha value is -0.120. The number of nitrogen functional groups attached to an aromatic ring is 1. The molecular weight excluding hydrogens is 434 g/mol. The first-order valence-corrected chi connectivity index (χ1v) is 6.98. The summed E-state index contributed by atoms with van der Waals surface area (Å²) in [6, 6.07) is 2.00. The van der Waals surface area contributed by atoms with Crippen LogP contribution in [-0.2, 0) is 11.2 Å². The van der Waals surface area contributed by atoms with Crippen LogP contribution in [0.2, 0.25) is 0 Å². The maximum atomic E-state index is 10.3. The predicted octanol–water partition coefficient (Wildman–Crippen LogP) is 2.67. The summed E-state index contributed by atoms with van der Waals surface area (Å²) in [5.74, 6) is -0.195. The van der Waals surface area contributed by atoms with Crippen LogP contribution in [0, 0.1) is 7.14 Å². The van der Waals surface area contributed by atoms with Crippen molar-refractivity contribution in [3.63, 3.8) is 0 Å². The van der Waals surface area contributed by atoms with E-state index in [4.69, 9.17) is 10.8 Å². The van der Waals surface area contributed by atoms with Crippen molar-refractivity contribution in [2.75, 3.05) is 5.73 Å². The summed E-state index contributed by atoms with van der Waals surface area (Å²) in [5, 5.41) is 8.51. The van der Waals surface area contributed by atoms with Gasteiger partial charge in [-0.25, -0.2) is 4.98 Å². The van der Waals surface area contributed by atoms with Crippen LogP contribution in [0.15, 0.2) is 6.07 Å². The number of nitrogens with two attached hydrogens (primary N) is 1. The summed E-state index contributed by atoms with van der Waals surface area (Å²) < 4.78 is 2.04. The molecule has 0 bridgehead atoms. The Morgan fingerprint density at radius 1 is 1.38 bits per heavy atom. The van der Waals surface area contributed by atoms with Crippen LogP contribution < -0.4 is 5.73 Å². The van der Waals surface area contributed by atoms with Crippen molar-refractivity contribution in [2.24, 2.45) is 0 Å². The highest BCUT2D eigenvalue weighted by Gasteiger charge is 2.06. The number of aliphatic carboxylic acids is 1. The number of carboxylic acids is 1. The monoisotopic (exact) mass is 446 g/mol. The number of rotatable bonds is 5. The van der Waals surface area contributed by atoms with E-state index in [-0.39, 0.29) is 6.42 Å². The predicted molar refractivity (Wildman–Crippen MR) is 79.3 cm³/mol. The standard InChI is InChI=1S/C10H12I2N2O2/c11-6-5-7(12)10(13)14-8(6)3-1-2-4-9(15)16/h5H,1-4H2,(H2,13,14)(H,15,16). The Labute approximate surface area is 121 Å². The second kappa shape index (κ2) is 6.58. The van der Waals surface area contributed by atoms with Crippen molar-refractivity contribution in [2.45, 2.75) is 25.7 Å². The number of pyridine rings is 1. The SMILES string of the molecule is Nc1nc(CCCCC(=O)O)c(I)cc1I. The summed E-state index contributed by atoms with van der Waals surface area (Å²) in [6.07, 6.45) is 2.51. The quantitative estimate of drug-likeness (QED) is 0.539. The van der Waals surface area contributed by atoms with Crippen LogP contribution in [0.25, 0.3) is 0 Å². The summed E-state index contributed by atoms with van der Waals surface area (Å²) in [5.41, 5.74) is 6.69. The molecule has 0 atom stereocenters. The molecule has 4 nitrogen and oxygen atoms in total. The van der Waals surface area contributed by atoms with Gasteiger partial charge in [0.25, 0.3) is 0 Å². The van der Waals surface area contributed by atoms with Crippen LogP contribution in [0.5, 0.6) is 0 Å². The van der Waals surface area contributed by atoms with E-state index in [2.05, 4.69) is 50.2 Å². The normalized spacial score (nSPS) is 10.4. The fourth-order valence-electron chi connectivity index (χ4n) is 1.26. The lowest BCUT2D eigenvalue weighted by Gasteiger charge is -2.06. The van der Waals surface area contributed by atoms with Crippen molar-refractivity contribution in [3.8, 4) is 0 Å². The Balaban J connectivity index is 2.54. The second-order valence-electron chi connectivity index (χ2n) is 3.38. The van der Waals surface area contributed by atoms with Crippen molar-refractivity contribution < 1.29 is 9.90 Å². The molecule has 0 spiro atoms. The maximum absolute atomic E-state index is 10.3. The summed E-state index contributed by atoms with van der Waals surface area (Å²) in [6.45, 7) is 0. The van der Waals surface area contributed by atoms with Crippen molar-refractivity contribution in [1.29, 1.82) is 0 Å². The molecule has 0 fully saturated rings. The smallest absolute Gasteiger partial charge is 0.303 e. The fraction of sp³-hybridized carbons (Fsp3) is 0.400. The highest BCUT2D eigenvalue weighted by molar-refractivity contribution is 14.1. The van der Waals surface area contributed by atoms with Gasteiger partial charge in [0.1, 0.15) is 5.82 Å². The minimum Gasteiger partial charge on any atom is -0.481 e. The maximum Gasteiger partial charge on any atom is 0.303 e. The van der Waals surface area contributed by atoms with Crippen LogP contribution in [-0.4, -0.2) is 16.1 Å². The minimum absolute atomic E-state index is 0.219. The summed E-state index contributed by atoms with van der Waals surface area (Å²) >= 11 is 4.38. The molecule has 0 saturated heterocycles. The third-order valence-corrected chi connectivity index (χ3v) is 3.88. The number of unbranched alkanes of at least 4 members (excludes halogenated alkanes) is 1. The number of aryl methyl sites for hydroxylation is 1. The van der Waals surface area contributed by atoms with E-state index < -0.39 is 5.97 Å². The summed E-state index contributed by atoms with van der Waals surface area (Å²) in [7, 11) is 0. The number of hydrogen-bond acceptors (Lipinski definition) is 3. The third kappa shape index (κ3) is 4.40. The van der Waals surface area contributed by atoms with Gasteiger partial charge in [-0.2, -0.15) is 0 Å². The second-order valence-corrected chi connectivity index (χ2v) is 5.71. The fourth-order valence-corrected chi connectivity index (χ4v) is 2.99. The molecule has 0 amide bonds. The molecule has 3 N–H and O–H groups in total. The molecule has 0 saturated carbocycles. The Morgan fingerprint density at radius 3 is 2.69 bits per heavy atom. The zero-order valence-corrected chi connectivity index (χ0v) is 12.9. The molecule has 0 aromatic carbocycles. The molecular formula is C10H12I2N2O2. The molecule has 1 heterocycles. The van der Waals surface area contributed by atoms with Crippen LogP contribution in [0.3, 0.4) is 0 Å². The number of carboxylic acid groups (broad SMARTS) is 1. The van der Waals surface area contributed by atoms with Gasteiger partial charge in [-0.1, -0.05) is 0 Å². The van der Waals surface area contributed by atoms with Crippen molar-refractivity contribution in [1.82, 2.24) is 4.98 Å². The van der Waals surface area contributed by atoms with Crippen LogP contribution in [0.1, 0.15) is 25.0 Å². The van der Waals surface area contributed by atoms with Gasteiger partial charge in [0.15, 0.2) is 0 Å². The van der Waals surface area contributed by atoms with E-state index in [1.54, 1.807) is 0 Å². The first-order chi connectivity index (χ1) is 7.50. The van der Waals surface area contributed by atoms with Crippen molar-refractivity contribution >= 4 is 57.0 Å². The van der Waals surface area contributed by atoms with Gasteiger partial charge in [0.2, 0.25) is 0 Å². The van der Waals surface area contributed by atoms with E-state index in [0.29, 0.717) is 12.2 Å². The first-order valence-electron chi connectivity index (χ1n) is 4.83. The lowest BCUT2D eigenvalue weighted by Crippen LogP contribution is -2.02. The van der Waals surface area contributed by atoms with E-state index in [1.165, 1.54) is 0 Å². The highest BCUT2D eigenvalue weighted by atomic mass is 127. The molecule has 88 valence electrons. The minimum atomic E-state index is -0.746. The number of nitrogens with zero attached hydrogens (tertiary/aromatic N) is 1. The zero-order chi connectivity index (χ0) is 12.1. The molecule has 6 heteroatoms. The van der Waals surface area contributed by atoms with E-state index >= 15 is 0 Å². The number of anilines is 1. The molecule has 1 rings (SSSR count).